The van der Waals surface area contributed by atoms with Crippen LogP contribution in [0.1, 0.15) is 72.6 Å². The molecule has 0 spiro atoms. The van der Waals surface area contributed by atoms with Gasteiger partial charge in [0, 0.05) is 17.7 Å². The molecule has 0 amide bonds. The summed E-state index contributed by atoms with van der Waals surface area (Å²) in [5.41, 5.74) is 10.9. The molecule has 2 aromatic heterocycles. The molecule has 42 heavy (non-hydrogen) atoms. The number of anilines is 2. The lowest BCUT2D eigenvalue weighted by atomic mass is 9.82. The molecule has 4 aromatic rings. The van der Waals surface area contributed by atoms with Crippen molar-refractivity contribution < 1.29 is 9.53 Å². The number of carbonyl (C=O) groups is 1. The smallest absolute Gasteiger partial charge is 0.335 e. The molecule has 1 atom stereocenters. The van der Waals surface area contributed by atoms with Crippen molar-refractivity contribution >= 4 is 29.6 Å². The van der Waals surface area contributed by atoms with Crippen LogP contribution in [-0.2, 0) is 16.0 Å². The van der Waals surface area contributed by atoms with Crippen molar-refractivity contribution in [3.8, 4) is 5.95 Å². The van der Waals surface area contributed by atoms with Gasteiger partial charge in [0.15, 0.2) is 5.82 Å². The van der Waals surface area contributed by atoms with Crippen molar-refractivity contribution in [2.24, 2.45) is 0 Å². The maximum atomic E-state index is 13.4. The van der Waals surface area contributed by atoms with E-state index in [1.54, 1.807) is 20.8 Å². The summed E-state index contributed by atoms with van der Waals surface area (Å²) in [7, 11) is 0. The standard InChI is InChI=1S/C32H34N6O4/c1-6-19-8-12-23-21(14-19)10-9-20-13-18(2)7-11-22(20)27(23)24-17-38(31(41)37-29(24)40)30-35-15-25(33)28(36-30)34-16-26(39)42-32(3,4)5/h7-15,17,27H,6,16,33H2,1-5H3,(H,34,35,36)(H,37,40,41). The Morgan fingerprint density at radius 2 is 1.76 bits per heavy atom. The minimum absolute atomic E-state index is 0.0178. The lowest BCUT2D eigenvalue weighted by molar-refractivity contribution is -0.152. The molecular weight excluding hydrogens is 532 g/mol. The number of nitrogens with two attached hydrogens (primary N) is 1. The van der Waals surface area contributed by atoms with Gasteiger partial charge in [0.1, 0.15) is 12.1 Å². The minimum Gasteiger partial charge on any atom is -0.459 e. The number of carbonyl (C=O) groups excluding carboxylic acids is 1. The van der Waals surface area contributed by atoms with Crippen molar-refractivity contribution in [2.45, 2.75) is 52.6 Å². The number of ether oxygens (including phenoxy) is 1. The van der Waals surface area contributed by atoms with Gasteiger partial charge in [0.25, 0.3) is 5.56 Å². The van der Waals surface area contributed by atoms with Crippen LogP contribution in [-0.4, -0.2) is 37.6 Å². The largest absolute Gasteiger partial charge is 0.459 e. The Hall–Kier alpha value is -4.99. The van der Waals surface area contributed by atoms with Gasteiger partial charge in [-0.2, -0.15) is 4.98 Å². The number of benzene rings is 2. The SMILES string of the molecule is CCc1ccc2c(c1)C=Cc1cc(C)ccc1C2c1cn(-c2ncc(N)c(NCC(=O)OC(C)(C)C)n2)c(=O)[nH]c1=O. The molecule has 216 valence electrons. The molecule has 10 heteroatoms. The van der Waals surface area contributed by atoms with E-state index in [1.165, 1.54) is 22.5 Å². The fourth-order valence-electron chi connectivity index (χ4n) is 5.05. The number of fused-ring (bicyclic) bond motifs is 2. The van der Waals surface area contributed by atoms with Gasteiger partial charge < -0.3 is 15.8 Å². The molecule has 0 aliphatic heterocycles. The molecule has 2 aromatic carbocycles. The average Bonchev–Trinajstić information content (AvgIpc) is 3.08. The highest BCUT2D eigenvalue weighted by molar-refractivity contribution is 5.78. The summed E-state index contributed by atoms with van der Waals surface area (Å²) in [5, 5.41) is 2.86. The van der Waals surface area contributed by atoms with E-state index in [4.69, 9.17) is 10.5 Å². The van der Waals surface area contributed by atoms with Crippen molar-refractivity contribution in [1.82, 2.24) is 19.5 Å². The van der Waals surface area contributed by atoms with Gasteiger partial charge in [-0.1, -0.05) is 61.0 Å². The molecule has 1 aliphatic rings. The highest BCUT2D eigenvalue weighted by atomic mass is 16.6. The maximum absolute atomic E-state index is 13.4. The summed E-state index contributed by atoms with van der Waals surface area (Å²) >= 11 is 0. The average molecular weight is 567 g/mol. The van der Waals surface area contributed by atoms with Gasteiger partial charge in [-0.25, -0.2) is 14.3 Å². The third-order valence-electron chi connectivity index (χ3n) is 6.99. The first-order chi connectivity index (χ1) is 19.9. The monoisotopic (exact) mass is 566 g/mol. The quantitative estimate of drug-likeness (QED) is 0.260. The summed E-state index contributed by atoms with van der Waals surface area (Å²) in [4.78, 5) is 49.9. The zero-order valence-corrected chi connectivity index (χ0v) is 24.3. The van der Waals surface area contributed by atoms with E-state index in [1.807, 2.05) is 25.1 Å². The Labute approximate surface area is 243 Å². The highest BCUT2D eigenvalue weighted by Crippen LogP contribution is 2.38. The summed E-state index contributed by atoms with van der Waals surface area (Å²) in [6, 6.07) is 12.4. The van der Waals surface area contributed by atoms with E-state index in [2.05, 4.69) is 57.5 Å². The highest BCUT2D eigenvalue weighted by Gasteiger charge is 2.27. The van der Waals surface area contributed by atoms with Crippen molar-refractivity contribution in [3.63, 3.8) is 0 Å². The number of rotatable bonds is 6. The van der Waals surface area contributed by atoms with Gasteiger partial charge >= 0.3 is 11.7 Å². The number of H-pyrrole nitrogens is 1. The molecule has 0 saturated heterocycles. The molecule has 2 heterocycles. The molecular formula is C32H34N6O4. The number of aromatic amines is 1. The molecule has 0 fully saturated rings. The number of hydrogen-bond donors (Lipinski definition) is 3. The summed E-state index contributed by atoms with van der Waals surface area (Å²) < 4.78 is 6.51. The van der Waals surface area contributed by atoms with Gasteiger partial charge in [0.05, 0.1) is 11.9 Å². The lowest BCUT2D eigenvalue weighted by Gasteiger charge is -2.22. The van der Waals surface area contributed by atoms with E-state index >= 15 is 0 Å². The number of aromatic nitrogens is 4. The number of nitrogens with one attached hydrogen (secondary N) is 2. The number of nitrogens with zero attached hydrogens (tertiary/aromatic N) is 3. The van der Waals surface area contributed by atoms with Crippen molar-refractivity contribution in [3.05, 3.63) is 109 Å². The number of aryl methyl sites for hydroxylation is 2. The number of hydrogen-bond acceptors (Lipinski definition) is 8. The first kappa shape index (κ1) is 28.5. The third kappa shape index (κ3) is 5.88. The van der Waals surface area contributed by atoms with Crippen LogP contribution in [0.2, 0.25) is 0 Å². The zero-order valence-electron chi connectivity index (χ0n) is 24.3. The van der Waals surface area contributed by atoms with Crippen LogP contribution in [0.5, 0.6) is 0 Å². The second-order valence-corrected chi connectivity index (χ2v) is 11.3. The van der Waals surface area contributed by atoms with Gasteiger partial charge in [-0.3, -0.25) is 14.6 Å². The van der Waals surface area contributed by atoms with E-state index in [-0.39, 0.29) is 24.0 Å². The Kier molecular flexibility index (Phi) is 7.55. The summed E-state index contributed by atoms with van der Waals surface area (Å²) in [5.74, 6) is -0.824. The topological polar surface area (TPSA) is 145 Å². The molecule has 4 N–H and O–H groups in total. The molecule has 5 rings (SSSR count). The van der Waals surface area contributed by atoms with Crippen LogP contribution in [0, 0.1) is 6.92 Å². The number of nitrogen functional groups attached to an aromatic ring is 1. The summed E-state index contributed by atoms with van der Waals surface area (Å²) in [6.07, 6.45) is 7.84. The molecule has 0 bridgehead atoms. The number of esters is 1. The summed E-state index contributed by atoms with van der Waals surface area (Å²) in [6.45, 7) is 9.25. The van der Waals surface area contributed by atoms with E-state index in [9.17, 15) is 14.4 Å². The Morgan fingerprint density at radius 1 is 1.07 bits per heavy atom. The minimum atomic E-state index is -0.705. The van der Waals surface area contributed by atoms with Crippen LogP contribution in [0.4, 0.5) is 11.5 Å². The van der Waals surface area contributed by atoms with E-state index in [0.717, 1.165) is 34.2 Å². The van der Waals surface area contributed by atoms with Gasteiger partial charge in [-0.15, -0.1) is 0 Å². The normalized spacial score (nSPS) is 14.1. The maximum Gasteiger partial charge on any atom is 0.335 e. The van der Waals surface area contributed by atoms with Crippen molar-refractivity contribution in [1.29, 1.82) is 0 Å². The Bertz CT molecular complexity index is 1830. The first-order valence-corrected chi connectivity index (χ1v) is 13.8. The van der Waals surface area contributed by atoms with E-state index < -0.39 is 28.7 Å². The Morgan fingerprint density at radius 3 is 2.45 bits per heavy atom. The van der Waals surface area contributed by atoms with Crippen LogP contribution in [0.3, 0.4) is 0 Å². The molecule has 1 unspecified atom stereocenters. The molecule has 10 nitrogen and oxygen atoms in total. The molecule has 1 aliphatic carbocycles. The van der Waals surface area contributed by atoms with E-state index in [0.29, 0.717) is 5.56 Å². The fraction of sp³-hybridized carbons (Fsp3) is 0.281. The van der Waals surface area contributed by atoms with Gasteiger partial charge in [0.2, 0.25) is 5.95 Å². The van der Waals surface area contributed by atoms with Crippen LogP contribution in [0.15, 0.2) is 58.4 Å². The molecule has 0 saturated carbocycles. The molecule has 0 radical (unpaired) electrons. The van der Waals surface area contributed by atoms with Crippen LogP contribution < -0.4 is 22.3 Å². The fourth-order valence-corrected chi connectivity index (χ4v) is 5.05. The van der Waals surface area contributed by atoms with Crippen molar-refractivity contribution in [2.75, 3.05) is 17.6 Å². The third-order valence-corrected chi connectivity index (χ3v) is 6.99. The predicted molar refractivity (Wildman–Crippen MR) is 164 cm³/mol. The van der Waals surface area contributed by atoms with Gasteiger partial charge in [-0.05, 0) is 61.9 Å². The van der Waals surface area contributed by atoms with Crippen LogP contribution in [0.25, 0.3) is 18.1 Å². The second kappa shape index (κ2) is 11.1. The predicted octanol–water partition coefficient (Wildman–Crippen LogP) is 4.19. The first-order valence-electron chi connectivity index (χ1n) is 13.8. The zero-order chi connectivity index (χ0) is 30.2. The van der Waals surface area contributed by atoms with Crippen LogP contribution >= 0.6 is 0 Å². The Balaban J connectivity index is 1.61. The second-order valence-electron chi connectivity index (χ2n) is 11.3. The lowest BCUT2D eigenvalue weighted by Crippen LogP contribution is -2.33.